The number of carboxylic acids is 1. The first-order valence-corrected chi connectivity index (χ1v) is 5.59. The molecule has 2 amide bonds. The van der Waals surface area contributed by atoms with E-state index in [9.17, 15) is 9.59 Å². The lowest BCUT2D eigenvalue weighted by molar-refractivity contribution is -0.142. The highest BCUT2D eigenvalue weighted by molar-refractivity contribution is 5.85. The molecule has 0 saturated heterocycles. The molecule has 1 aromatic rings. The number of nitrogens with zero attached hydrogens (tertiary/aromatic N) is 2. The highest BCUT2D eigenvalue weighted by Crippen LogP contribution is 2.01. The minimum Gasteiger partial charge on any atom is -0.480 e. The maximum Gasteiger partial charge on any atom is 0.328 e. The molecule has 7 nitrogen and oxygen atoms in total. The molecule has 0 aliphatic carbocycles. The molecule has 0 aliphatic heterocycles. The summed E-state index contributed by atoms with van der Waals surface area (Å²) in [6, 6.07) is -0.640. The predicted molar refractivity (Wildman–Crippen MR) is 65.1 cm³/mol. The van der Waals surface area contributed by atoms with Crippen molar-refractivity contribution in [1.82, 2.24) is 20.2 Å². The number of rotatable bonds is 5. The van der Waals surface area contributed by atoms with Crippen molar-refractivity contribution in [2.75, 3.05) is 0 Å². The van der Waals surface area contributed by atoms with Crippen molar-refractivity contribution >= 4 is 12.0 Å². The first-order chi connectivity index (χ1) is 8.31. The van der Waals surface area contributed by atoms with Crippen molar-refractivity contribution in [3.05, 3.63) is 18.7 Å². The second-order valence-corrected chi connectivity index (χ2v) is 4.69. The normalized spacial score (nSPS) is 12.8. The number of carbonyl (C=O) groups is 2. The fourth-order valence-electron chi connectivity index (χ4n) is 1.35. The fourth-order valence-corrected chi connectivity index (χ4v) is 1.35. The number of hydrogen-bond acceptors (Lipinski definition) is 3. The van der Waals surface area contributed by atoms with Gasteiger partial charge in [-0.25, -0.2) is 14.6 Å². The first kappa shape index (κ1) is 14.0. The number of aromatic nitrogens is 2. The van der Waals surface area contributed by atoms with Crippen molar-refractivity contribution < 1.29 is 14.7 Å². The summed E-state index contributed by atoms with van der Waals surface area (Å²) < 4.78 is 1.83. The van der Waals surface area contributed by atoms with Crippen molar-refractivity contribution in [2.24, 2.45) is 0 Å². The van der Waals surface area contributed by atoms with Gasteiger partial charge in [-0.1, -0.05) is 0 Å². The Hall–Kier alpha value is -2.05. The average Bonchev–Trinajstić information content (AvgIpc) is 2.68. The Balaban J connectivity index is 2.43. The van der Waals surface area contributed by atoms with Gasteiger partial charge in [0.2, 0.25) is 0 Å². The van der Waals surface area contributed by atoms with E-state index in [1.54, 1.807) is 18.7 Å². The van der Waals surface area contributed by atoms with E-state index in [1.807, 2.05) is 11.5 Å². The van der Waals surface area contributed by atoms with Gasteiger partial charge in [0.25, 0.3) is 0 Å². The van der Waals surface area contributed by atoms with Crippen LogP contribution >= 0.6 is 0 Å². The number of carboxylic acid groups (broad SMARTS) is 1. The number of aliphatic carboxylic acids is 1. The monoisotopic (exact) mass is 254 g/mol. The third-order valence-electron chi connectivity index (χ3n) is 2.38. The summed E-state index contributed by atoms with van der Waals surface area (Å²) >= 11 is 0. The topological polar surface area (TPSA) is 96.3 Å². The Bertz CT molecular complexity index is 414. The summed E-state index contributed by atoms with van der Waals surface area (Å²) in [4.78, 5) is 26.3. The summed E-state index contributed by atoms with van der Waals surface area (Å²) in [5.41, 5.74) is -1.29. The van der Waals surface area contributed by atoms with Gasteiger partial charge in [-0.05, 0) is 20.8 Å². The fraction of sp³-hybridized carbons (Fsp3) is 0.545. The van der Waals surface area contributed by atoms with Gasteiger partial charge in [-0.2, -0.15) is 0 Å². The standard InChI is InChI=1S/C11H18N4O3/c1-8(6-15-5-4-12-7-15)13-10(18)14-11(2,3)9(16)17/h4-5,7-8H,6H2,1-3H3,(H,16,17)(H2,13,14,18). The predicted octanol–water partition coefficient (Wildman–Crippen LogP) is 0.434. The molecular weight excluding hydrogens is 236 g/mol. The van der Waals surface area contributed by atoms with Crippen LogP contribution in [0.5, 0.6) is 0 Å². The maximum absolute atomic E-state index is 11.6. The lowest BCUT2D eigenvalue weighted by Gasteiger charge is -2.23. The molecule has 0 saturated carbocycles. The SMILES string of the molecule is CC(Cn1ccnc1)NC(=O)NC(C)(C)C(=O)O. The third-order valence-corrected chi connectivity index (χ3v) is 2.38. The van der Waals surface area contributed by atoms with Crippen LogP contribution in [0.4, 0.5) is 4.79 Å². The van der Waals surface area contributed by atoms with Crippen LogP contribution in [0, 0.1) is 0 Å². The molecule has 1 atom stereocenters. The van der Waals surface area contributed by atoms with E-state index < -0.39 is 17.5 Å². The van der Waals surface area contributed by atoms with Gasteiger partial charge in [-0.3, -0.25) is 0 Å². The summed E-state index contributed by atoms with van der Waals surface area (Å²) in [6.45, 7) is 5.25. The van der Waals surface area contributed by atoms with E-state index in [0.717, 1.165) is 0 Å². The van der Waals surface area contributed by atoms with E-state index >= 15 is 0 Å². The zero-order valence-electron chi connectivity index (χ0n) is 10.7. The summed E-state index contributed by atoms with van der Waals surface area (Å²) in [6.07, 6.45) is 5.09. The van der Waals surface area contributed by atoms with Gasteiger partial charge in [0.1, 0.15) is 5.54 Å². The van der Waals surface area contributed by atoms with Crippen LogP contribution in [0.25, 0.3) is 0 Å². The van der Waals surface area contributed by atoms with Crippen LogP contribution in [0.1, 0.15) is 20.8 Å². The van der Waals surface area contributed by atoms with Crippen LogP contribution in [0.15, 0.2) is 18.7 Å². The molecule has 1 aromatic heterocycles. The molecule has 7 heteroatoms. The highest BCUT2D eigenvalue weighted by Gasteiger charge is 2.29. The largest absolute Gasteiger partial charge is 0.480 e. The summed E-state index contributed by atoms with van der Waals surface area (Å²) in [7, 11) is 0. The Morgan fingerprint density at radius 2 is 2.17 bits per heavy atom. The average molecular weight is 254 g/mol. The van der Waals surface area contributed by atoms with Crippen LogP contribution in [0.2, 0.25) is 0 Å². The highest BCUT2D eigenvalue weighted by atomic mass is 16.4. The molecule has 0 radical (unpaired) electrons. The van der Waals surface area contributed by atoms with Crippen LogP contribution < -0.4 is 10.6 Å². The van der Waals surface area contributed by atoms with Crippen molar-refractivity contribution in [3.8, 4) is 0 Å². The van der Waals surface area contributed by atoms with Crippen LogP contribution in [-0.4, -0.2) is 38.2 Å². The van der Waals surface area contributed by atoms with Gasteiger partial charge in [0.15, 0.2) is 0 Å². The molecule has 0 spiro atoms. The molecule has 0 aromatic carbocycles. The summed E-state index contributed by atoms with van der Waals surface area (Å²) in [5.74, 6) is -1.08. The van der Waals surface area contributed by atoms with Gasteiger partial charge < -0.3 is 20.3 Å². The molecule has 3 N–H and O–H groups in total. The number of nitrogens with one attached hydrogen (secondary N) is 2. The van der Waals surface area contributed by atoms with Gasteiger partial charge in [0, 0.05) is 25.0 Å². The first-order valence-electron chi connectivity index (χ1n) is 5.59. The van der Waals surface area contributed by atoms with E-state index in [-0.39, 0.29) is 6.04 Å². The molecule has 0 bridgehead atoms. The number of carbonyl (C=O) groups excluding carboxylic acids is 1. The molecule has 1 unspecified atom stereocenters. The van der Waals surface area contributed by atoms with Gasteiger partial charge >= 0.3 is 12.0 Å². The Labute approximate surface area is 105 Å². The van der Waals surface area contributed by atoms with Crippen molar-refractivity contribution in [3.63, 3.8) is 0 Å². The second kappa shape index (κ2) is 5.52. The van der Waals surface area contributed by atoms with Crippen molar-refractivity contribution in [2.45, 2.75) is 38.9 Å². The quantitative estimate of drug-likeness (QED) is 0.710. The zero-order chi connectivity index (χ0) is 13.8. The lowest BCUT2D eigenvalue weighted by atomic mass is 10.1. The van der Waals surface area contributed by atoms with E-state index in [2.05, 4.69) is 15.6 Å². The molecule has 1 rings (SSSR count). The van der Waals surface area contributed by atoms with Gasteiger partial charge in [0.05, 0.1) is 6.33 Å². The van der Waals surface area contributed by atoms with Gasteiger partial charge in [-0.15, -0.1) is 0 Å². The Kier molecular flexibility index (Phi) is 4.30. The molecule has 18 heavy (non-hydrogen) atoms. The smallest absolute Gasteiger partial charge is 0.328 e. The number of hydrogen-bond donors (Lipinski definition) is 3. The van der Waals surface area contributed by atoms with E-state index in [0.29, 0.717) is 6.54 Å². The molecule has 100 valence electrons. The summed E-state index contributed by atoms with van der Waals surface area (Å²) in [5, 5.41) is 13.9. The van der Waals surface area contributed by atoms with Crippen LogP contribution in [-0.2, 0) is 11.3 Å². The lowest BCUT2D eigenvalue weighted by Crippen LogP contribution is -2.54. The third kappa shape index (κ3) is 4.08. The molecular formula is C11H18N4O3. The number of imidazole rings is 1. The molecule has 0 aliphatic rings. The van der Waals surface area contributed by atoms with E-state index in [1.165, 1.54) is 13.8 Å². The zero-order valence-corrected chi connectivity index (χ0v) is 10.7. The minimum absolute atomic E-state index is 0.135. The van der Waals surface area contributed by atoms with E-state index in [4.69, 9.17) is 5.11 Å². The number of amides is 2. The second-order valence-electron chi connectivity index (χ2n) is 4.69. The Morgan fingerprint density at radius 3 is 2.67 bits per heavy atom. The molecule has 1 heterocycles. The molecule has 0 fully saturated rings. The maximum atomic E-state index is 11.6. The van der Waals surface area contributed by atoms with Crippen molar-refractivity contribution in [1.29, 1.82) is 0 Å². The number of urea groups is 1. The minimum atomic E-state index is -1.29. The Morgan fingerprint density at radius 1 is 1.50 bits per heavy atom. The van der Waals surface area contributed by atoms with Crippen LogP contribution in [0.3, 0.4) is 0 Å².